The number of hydrogen-bond acceptors (Lipinski definition) is 4. The summed E-state index contributed by atoms with van der Waals surface area (Å²) in [6, 6.07) is 3.32. The lowest BCUT2D eigenvalue weighted by Crippen LogP contribution is -2.56. The van der Waals surface area contributed by atoms with E-state index in [-0.39, 0.29) is 17.2 Å². The van der Waals surface area contributed by atoms with Crippen LogP contribution < -0.4 is 5.73 Å². The predicted molar refractivity (Wildman–Crippen MR) is 89.0 cm³/mol. The number of hydrogen-bond donors (Lipinski definition) is 1. The van der Waals surface area contributed by atoms with Gasteiger partial charge in [-0.25, -0.2) is 0 Å². The molecule has 0 aromatic carbocycles. The topological polar surface area (TPSA) is 66.6 Å². The van der Waals surface area contributed by atoms with Gasteiger partial charge < -0.3 is 15.5 Å². The predicted octanol–water partition coefficient (Wildman–Crippen LogP) is 1.71. The molecule has 1 atom stereocenters. The Labute approximate surface area is 136 Å². The van der Waals surface area contributed by atoms with Crippen molar-refractivity contribution in [3.05, 3.63) is 21.9 Å². The van der Waals surface area contributed by atoms with Crippen molar-refractivity contribution in [3.63, 3.8) is 0 Å². The largest absolute Gasteiger partial charge is 0.338 e. The van der Waals surface area contributed by atoms with Crippen molar-refractivity contribution in [3.8, 4) is 0 Å². The van der Waals surface area contributed by atoms with E-state index in [4.69, 9.17) is 5.73 Å². The standard InChI is InChI=1S/C16H25N3O2S/c1-11-5-6-12(22-11)14(20)18-7-9-19(10-8-18)15(21)13(17)16(2,3)4/h5-6,13H,7-10,17H2,1-4H3/t13-/m1/s1. The smallest absolute Gasteiger partial charge is 0.264 e. The van der Waals surface area contributed by atoms with Crippen LogP contribution in [0.3, 0.4) is 0 Å². The van der Waals surface area contributed by atoms with Gasteiger partial charge in [-0.2, -0.15) is 0 Å². The number of carbonyl (C=O) groups excluding carboxylic acids is 2. The average Bonchev–Trinajstić information content (AvgIpc) is 2.90. The number of carbonyl (C=O) groups is 2. The van der Waals surface area contributed by atoms with Gasteiger partial charge in [-0.1, -0.05) is 20.8 Å². The van der Waals surface area contributed by atoms with Crippen molar-refractivity contribution in [2.24, 2.45) is 11.1 Å². The molecule has 0 unspecified atom stereocenters. The summed E-state index contributed by atoms with van der Waals surface area (Å²) < 4.78 is 0. The number of rotatable bonds is 2. The van der Waals surface area contributed by atoms with Crippen LogP contribution in [0.25, 0.3) is 0 Å². The first-order chi connectivity index (χ1) is 10.2. The molecule has 0 saturated carbocycles. The molecule has 122 valence electrons. The quantitative estimate of drug-likeness (QED) is 0.901. The third-order valence-electron chi connectivity index (χ3n) is 4.03. The first-order valence-corrected chi connectivity index (χ1v) is 8.42. The molecular formula is C16H25N3O2S. The van der Waals surface area contributed by atoms with Crippen LogP contribution in [0, 0.1) is 12.3 Å². The Kier molecular flexibility index (Phi) is 4.92. The molecule has 0 radical (unpaired) electrons. The number of nitrogens with two attached hydrogens (primary N) is 1. The van der Waals surface area contributed by atoms with Crippen LogP contribution >= 0.6 is 11.3 Å². The molecule has 1 aromatic rings. The fourth-order valence-corrected chi connectivity index (χ4v) is 3.24. The summed E-state index contributed by atoms with van der Waals surface area (Å²) >= 11 is 1.51. The zero-order chi connectivity index (χ0) is 16.5. The van der Waals surface area contributed by atoms with E-state index < -0.39 is 6.04 Å². The fourth-order valence-electron chi connectivity index (χ4n) is 2.40. The zero-order valence-electron chi connectivity index (χ0n) is 13.8. The van der Waals surface area contributed by atoms with E-state index in [0.717, 1.165) is 9.75 Å². The molecule has 0 bridgehead atoms. The maximum atomic E-state index is 12.4. The molecule has 2 amide bonds. The lowest BCUT2D eigenvalue weighted by atomic mass is 9.86. The van der Waals surface area contributed by atoms with E-state index in [1.807, 2.05) is 44.7 Å². The average molecular weight is 323 g/mol. The highest BCUT2D eigenvalue weighted by molar-refractivity contribution is 7.13. The molecule has 0 aliphatic carbocycles. The van der Waals surface area contributed by atoms with Gasteiger partial charge in [0.05, 0.1) is 10.9 Å². The Morgan fingerprint density at radius 3 is 2.14 bits per heavy atom. The maximum Gasteiger partial charge on any atom is 0.264 e. The molecule has 0 spiro atoms. The third kappa shape index (κ3) is 3.67. The highest BCUT2D eigenvalue weighted by atomic mass is 32.1. The van der Waals surface area contributed by atoms with Crippen molar-refractivity contribution in [2.75, 3.05) is 26.2 Å². The second kappa shape index (κ2) is 6.38. The second-order valence-electron chi connectivity index (χ2n) is 6.87. The van der Waals surface area contributed by atoms with Gasteiger partial charge in [-0.05, 0) is 24.5 Å². The number of aryl methyl sites for hydroxylation is 1. The van der Waals surface area contributed by atoms with Crippen molar-refractivity contribution in [1.82, 2.24) is 9.80 Å². The zero-order valence-corrected chi connectivity index (χ0v) is 14.6. The SMILES string of the molecule is Cc1ccc(C(=O)N2CCN(C(=O)[C@@H](N)C(C)(C)C)CC2)s1. The minimum atomic E-state index is -0.505. The first kappa shape index (κ1) is 17.0. The molecule has 22 heavy (non-hydrogen) atoms. The Bertz CT molecular complexity index is 554. The van der Waals surface area contributed by atoms with Crippen LogP contribution in [-0.2, 0) is 4.79 Å². The maximum absolute atomic E-state index is 12.4. The van der Waals surface area contributed by atoms with Crippen LogP contribution in [0.1, 0.15) is 35.3 Å². The Balaban J connectivity index is 1.93. The van der Waals surface area contributed by atoms with Crippen LogP contribution in [0.2, 0.25) is 0 Å². The molecule has 5 nitrogen and oxygen atoms in total. The summed E-state index contributed by atoms with van der Waals surface area (Å²) in [5, 5.41) is 0. The first-order valence-electron chi connectivity index (χ1n) is 7.60. The molecule has 6 heteroatoms. The van der Waals surface area contributed by atoms with Crippen LogP contribution in [0.4, 0.5) is 0 Å². The molecule has 2 rings (SSSR count). The van der Waals surface area contributed by atoms with E-state index in [2.05, 4.69) is 0 Å². The van der Waals surface area contributed by atoms with E-state index >= 15 is 0 Å². The van der Waals surface area contributed by atoms with Gasteiger partial charge in [0.2, 0.25) is 5.91 Å². The Morgan fingerprint density at radius 2 is 1.68 bits per heavy atom. The van der Waals surface area contributed by atoms with Gasteiger partial charge in [-0.15, -0.1) is 11.3 Å². The van der Waals surface area contributed by atoms with Gasteiger partial charge in [0, 0.05) is 31.1 Å². The summed E-state index contributed by atoms with van der Waals surface area (Å²) in [5.74, 6) is 0.0388. The van der Waals surface area contributed by atoms with Gasteiger partial charge in [0.1, 0.15) is 0 Å². The van der Waals surface area contributed by atoms with Crippen molar-refractivity contribution in [1.29, 1.82) is 0 Å². The number of thiophene rings is 1. The second-order valence-corrected chi connectivity index (χ2v) is 8.16. The summed E-state index contributed by atoms with van der Waals surface area (Å²) in [6.45, 7) is 10.1. The molecule has 1 aliphatic heterocycles. The summed E-state index contributed by atoms with van der Waals surface area (Å²) in [6.07, 6.45) is 0. The molecule has 1 fully saturated rings. The summed E-state index contributed by atoms with van der Waals surface area (Å²) in [4.78, 5) is 30.3. The van der Waals surface area contributed by atoms with Crippen molar-refractivity contribution < 1.29 is 9.59 Å². The Morgan fingerprint density at radius 1 is 1.14 bits per heavy atom. The number of amides is 2. The van der Waals surface area contributed by atoms with Gasteiger partial charge in [0.25, 0.3) is 5.91 Å². The highest BCUT2D eigenvalue weighted by Crippen LogP contribution is 2.21. The summed E-state index contributed by atoms with van der Waals surface area (Å²) in [5.41, 5.74) is 5.79. The lowest BCUT2D eigenvalue weighted by molar-refractivity contribution is -0.136. The van der Waals surface area contributed by atoms with Crippen molar-refractivity contribution >= 4 is 23.2 Å². The normalized spacial score (nSPS) is 17.5. The van der Waals surface area contributed by atoms with E-state index in [1.54, 1.807) is 4.90 Å². The fraction of sp³-hybridized carbons (Fsp3) is 0.625. The van der Waals surface area contributed by atoms with Gasteiger partial charge in [0.15, 0.2) is 0 Å². The minimum Gasteiger partial charge on any atom is -0.338 e. The van der Waals surface area contributed by atoms with E-state index in [9.17, 15) is 9.59 Å². The molecule has 1 saturated heterocycles. The molecule has 1 aliphatic rings. The molecule has 2 N–H and O–H groups in total. The third-order valence-corrected chi connectivity index (χ3v) is 5.02. The van der Waals surface area contributed by atoms with Gasteiger partial charge >= 0.3 is 0 Å². The van der Waals surface area contributed by atoms with E-state index in [0.29, 0.717) is 26.2 Å². The molecule has 1 aromatic heterocycles. The molecule has 2 heterocycles. The minimum absolute atomic E-state index is 0.0217. The molecular weight excluding hydrogens is 298 g/mol. The summed E-state index contributed by atoms with van der Waals surface area (Å²) in [7, 11) is 0. The highest BCUT2D eigenvalue weighted by Gasteiger charge is 2.33. The van der Waals surface area contributed by atoms with Crippen LogP contribution in [0.15, 0.2) is 12.1 Å². The van der Waals surface area contributed by atoms with Crippen LogP contribution in [-0.4, -0.2) is 53.8 Å². The number of nitrogens with zero attached hydrogens (tertiary/aromatic N) is 2. The Hall–Kier alpha value is -1.40. The number of piperazine rings is 1. The van der Waals surface area contributed by atoms with E-state index in [1.165, 1.54) is 11.3 Å². The van der Waals surface area contributed by atoms with Gasteiger partial charge in [-0.3, -0.25) is 9.59 Å². The van der Waals surface area contributed by atoms with Crippen molar-refractivity contribution in [2.45, 2.75) is 33.7 Å². The monoisotopic (exact) mass is 323 g/mol. The lowest BCUT2D eigenvalue weighted by Gasteiger charge is -2.38. The van der Waals surface area contributed by atoms with Crippen LogP contribution in [0.5, 0.6) is 0 Å².